The van der Waals surface area contributed by atoms with Crippen LogP contribution < -0.4 is 10.6 Å². The van der Waals surface area contributed by atoms with Gasteiger partial charge in [-0.15, -0.1) is 0 Å². The normalized spacial score (nSPS) is 23.4. The summed E-state index contributed by atoms with van der Waals surface area (Å²) in [6, 6.07) is 6.10. The van der Waals surface area contributed by atoms with Crippen LogP contribution in [0.1, 0.15) is 17.5 Å². The van der Waals surface area contributed by atoms with Crippen LogP contribution >= 0.6 is 0 Å². The van der Waals surface area contributed by atoms with Crippen molar-refractivity contribution >= 4 is 17.2 Å². The minimum Gasteiger partial charge on any atom is -0.321 e. The van der Waals surface area contributed by atoms with Crippen molar-refractivity contribution in [2.24, 2.45) is 0 Å². The standard InChI is InChI=1S/C13H14N2O/c1-8-2-3-11-10(6-8)12(13(16)15-11)9-4-5-14-7-9/h2-3,6,14H,4-5,7H2,1H3,(H,15,16)/b12-9-. The Bertz CT molecular complexity index is 495. The number of anilines is 1. The van der Waals surface area contributed by atoms with Gasteiger partial charge in [0.05, 0.1) is 0 Å². The Morgan fingerprint density at radius 2 is 2.19 bits per heavy atom. The number of rotatable bonds is 0. The number of fused-ring (bicyclic) bond motifs is 1. The molecule has 3 rings (SSSR count). The van der Waals surface area contributed by atoms with Crippen LogP contribution in [0.2, 0.25) is 0 Å². The Labute approximate surface area is 94.5 Å². The van der Waals surface area contributed by atoms with Crippen molar-refractivity contribution in [3.05, 3.63) is 34.9 Å². The Morgan fingerprint density at radius 1 is 1.31 bits per heavy atom. The predicted molar refractivity (Wildman–Crippen MR) is 64.2 cm³/mol. The number of hydrogen-bond acceptors (Lipinski definition) is 2. The predicted octanol–water partition coefficient (Wildman–Crippen LogP) is 1.69. The molecule has 0 radical (unpaired) electrons. The van der Waals surface area contributed by atoms with Crippen molar-refractivity contribution in [1.29, 1.82) is 0 Å². The lowest BCUT2D eigenvalue weighted by molar-refractivity contribution is -0.110. The smallest absolute Gasteiger partial charge is 0.256 e. The lowest BCUT2D eigenvalue weighted by Gasteiger charge is -2.03. The van der Waals surface area contributed by atoms with Gasteiger partial charge in [0.1, 0.15) is 0 Å². The first-order chi connectivity index (χ1) is 7.75. The van der Waals surface area contributed by atoms with Crippen LogP contribution in [0, 0.1) is 6.92 Å². The van der Waals surface area contributed by atoms with Crippen molar-refractivity contribution < 1.29 is 4.79 Å². The molecule has 0 aliphatic carbocycles. The van der Waals surface area contributed by atoms with Gasteiger partial charge in [-0.25, -0.2) is 0 Å². The Morgan fingerprint density at radius 3 is 2.94 bits per heavy atom. The van der Waals surface area contributed by atoms with Gasteiger partial charge in [0.15, 0.2) is 0 Å². The third kappa shape index (κ3) is 1.36. The van der Waals surface area contributed by atoms with E-state index in [0.717, 1.165) is 36.3 Å². The van der Waals surface area contributed by atoms with E-state index in [1.165, 1.54) is 11.1 Å². The molecular weight excluding hydrogens is 200 g/mol. The summed E-state index contributed by atoms with van der Waals surface area (Å²) in [5.41, 5.74) is 5.35. The molecule has 0 spiro atoms. The van der Waals surface area contributed by atoms with Gasteiger partial charge in [0, 0.05) is 23.4 Å². The summed E-state index contributed by atoms with van der Waals surface area (Å²) in [7, 11) is 0. The van der Waals surface area contributed by atoms with Crippen molar-refractivity contribution in [1.82, 2.24) is 5.32 Å². The zero-order valence-electron chi connectivity index (χ0n) is 9.26. The van der Waals surface area contributed by atoms with Crippen LogP contribution in [0.4, 0.5) is 5.69 Å². The second-order valence-electron chi connectivity index (χ2n) is 4.41. The van der Waals surface area contributed by atoms with Gasteiger partial charge in [0.25, 0.3) is 5.91 Å². The topological polar surface area (TPSA) is 41.1 Å². The molecule has 1 aromatic carbocycles. The number of carbonyl (C=O) groups excluding carboxylic acids is 1. The molecule has 0 unspecified atom stereocenters. The molecule has 3 nitrogen and oxygen atoms in total. The summed E-state index contributed by atoms with van der Waals surface area (Å²) in [5, 5.41) is 6.20. The van der Waals surface area contributed by atoms with Crippen LogP contribution in [0.15, 0.2) is 23.8 Å². The van der Waals surface area contributed by atoms with E-state index >= 15 is 0 Å². The maximum atomic E-state index is 11.9. The maximum absolute atomic E-state index is 11.9. The second kappa shape index (κ2) is 3.46. The molecule has 0 bridgehead atoms. The van der Waals surface area contributed by atoms with Crippen LogP contribution in [0.25, 0.3) is 5.57 Å². The number of nitrogens with one attached hydrogen (secondary N) is 2. The van der Waals surface area contributed by atoms with Crippen LogP contribution in [0.3, 0.4) is 0 Å². The van der Waals surface area contributed by atoms with Crippen LogP contribution in [-0.4, -0.2) is 19.0 Å². The molecule has 16 heavy (non-hydrogen) atoms. The molecule has 0 atom stereocenters. The lowest BCUT2D eigenvalue weighted by atomic mass is 9.99. The van der Waals surface area contributed by atoms with E-state index in [2.05, 4.69) is 23.6 Å². The highest BCUT2D eigenvalue weighted by molar-refractivity contribution is 6.32. The molecular formula is C13H14N2O. The zero-order chi connectivity index (χ0) is 11.1. The summed E-state index contributed by atoms with van der Waals surface area (Å²) >= 11 is 0. The molecule has 3 heteroatoms. The Balaban J connectivity index is 2.18. The quantitative estimate of drug-likeness (QED) is 0.645. The van der Waals surface area contributed by atoms with Crippen molar-refractivity contribution in [2.75, 3.05) is 18.4 Å². The summed E-state index contributed by atoms with van der Waals surface area (Å²) in [5.74, 6) is 0.0549. The zero-order valence-corrected chi connectivity index (χ0v) is 9.26. The largest absolute Gasteiger partial charge is 0.321 e. The third-order valence-electron chi connectivity index (χ3n) is 3.22. The Kier molecular flexibility index (Phi) is 2.07. The average Bonchev–Trinajstić information content (AvgIpc) is 2.83. The number of benzene rings is 1. The Hall–Kier alpha value is -1.61. The molecule has 1 saturated heterocycles. The summed E-state index contributed by atoms with van der Waals surface area (Å²) < 4.78 is 0. The third-order valence-corrected chi connectivity index (χ3v) is 3.22. The fourth-order valence-electron chi connectivity index (χ4n) is 2.41. The van der Waals surface area contributed by atoms with Crippen LogP contribution in [-0.2, 0) is 4.79 Å². The minimum atomic E-state index is 0.0549. The number of hydrogen-bond donors (Lipinski definition) is 2. The van der Waals surface area contributed by atoms with Gasteiger partial charge in [0.2, 0.25) is 0 Å². The fourth-order valence-corrected chi connectivity index (χ4v) is 2.41. The van der Waals surface area contributed by atoms with E-state index in [9.17, 15) is 4.79 Å². The van der Waals surface area contributed by atoms with E-state index in [1.807, 2.05) is 12.1 Å². The first kappa shape index (κ1) is 9.60. The number of carbonyl (C=O) groups is 1. The lowest BCUT2D eigenvalue weighted by Crippen LogP contribution is -2.08. The van der Waals surface area contributed by atoms with Gasteiger partial charge in [-0.05, 0) is 37.6 Å². The van der Waals surface area contributed by atoms with E-state index in [0.29, 0.717) is 0 Å². The summed E-state index contributed by atoms with van der Waals surface area (Å²) in [6.45, 7) is 3.88. The highest BCUT2D eigenvalue weighted by Gasteiger charge is 2.28. The van der Waals surface area contributed by atoms with Gasteiger partial charge in [-0.3, -0.25) is 4.79 Å². The molecule has 2 aliphatic heterocycles. The van der Waals surface area contributed by atoms with E-state index in [1.54, 1.807) is 0 Å². The van der Waals surface area contributed by atoms with Crippen molar-refractivity contribution in [2.45, 2.75) is 13.3 Å². The molecule has 0 aromatic heterocycles. The van der Waals surface area contributed by atoms with Crippen molar-refractivity contribution in [3.8, 4) is 0 Å². The van der Waals surface area contributed by atoms with Crippen molar-refractivity contribution in [3.63, 3.8) is 0 Å². The first-order valence-corrected chi connectivity index (χ1v) is 5.61. The van der Waals surface area contributed by atoms with Gasteiger partial charge >= 0.3 is 0 Å². The molecule has 0 saturated carbocycles. The molecule has 2 N–H and O–H groups in total. The highest BCUT2D eigenvalue weighted by Crippen LogP contribution is 2.35. The first-order valence-electron chi connectivity index (χ1n) is 5.61. The van der Waals surface area contributed by atoms with Gasteiger partial charge < -0.3 is 10.6 Å². The molecule has 2 aliphatic rings. The maximum Gasteiger partial charge on any atom is 0.256 e. The molecule has 1 fully saturated rings. The average molecular weight is 214 g/mol. The number of amides is 1. The molecule has 82 valence electrons. The van der Waals surface area contributed by atoms with E-state index in [-0.39, 0.29) is 5.91 Å². The molecule has 1 amide bonds. The second-order valence-corrected chi connectivity index (χ2v) is 4.41. The number of aryl methyl sites for hydroxylation is 1. The SMILES string of the molecule is Cc1ccc2c(c1)/C(=C1\CCNC1)C(=O)N2. The van der Waals surface area contributed by atoms with Crippen LogP contribution in [0.5, 0.6) is 0 Å². The monoisotopic (exact) mass is 214 g/mol. The van der Waals surface area contributed by atoms with Gasteiger partial charge in [-0.1, -0.05) is 11.6 Å². The minimum absolute atomic E-state index is 0.0549. The summed E-state index contributed by atoms with van der Waals surface area (Å²) in [6.07, 6.45) is 0.982. The van der Waals surface area contributed by atoms with Gasteiger partial charge in [-0.2, -0.15) is 0 Å². The van der Waals surface area contributed by atoms with E-state index in [4.69, 9.17) is 0 Å². The fraction of sp³-hybridized carbons (Fsp3) is 0.308. The summed E-state index contributed by atoms with van der Waals surface area (Å²) in [4.78, 5) is 11.9. The molecule has 2 heterocycles. The highest BCUT2D eigenvalue weighted by atomic mass is 16.2. The van der Waals surface area contributed by atoms with E-state index < -0.39 is 0 Å². The molecule has 1 aromatic rings.